The fraction of sp³-hybridized carbons (Fsp3) is 0.769. The Hall–Kier alpha value is -1.63. The Labute approximate surface area is 118 Å². The molecule has 0 aromatic carbocycles. The maximum atomic E-state index is 11.7. The number of hydrogen-bond donors (Lipinski definition) is 3. The highest BCUT2D eigenvalue weighted by Gasteiger charge is 2.36. The molecular formula is C13H23N3O4. The zero-order valence-corrected chi connectivity index (χ0v) is 12.2. The lowest BCUT2D eigenvalue weighted by Gasteiger charge is -2.22. The third kappa shape index (κ3) is 4.80. The molecule has 1 aliphatic rings. The van der Waals surface area contributed by atoms with Crippen LogP contribution in [0, 0.1) is 11.8 Å². The van der Waals surface area contributed by atoms with Gasteiger partial charge < -0.3 is 10.4 Å². The first kappa shape index (κ1) is 16.4. The zero-order chi connectivity index (χ0) is 15.3. The van der Waals surface area contributed by atoms with Gasteiger partial charge in [-0.1, -0.05) is 13.8 Å². The molecule has 0 bridgehead atoms. The van der Waals surface area contributed by atoms with Crippen LogP contribution in [0.4, 0.5) is 4.79 Å². The van der Waals surface area contributed by atoms with Crippen molar-refractivity contribution in [3.05, 3.63) is 0 Å². The smallest absolute Gasteiger partial charge is 0.321 e. The molecule has 1 fully saturated rings. The number of nitrogens with one attached hydrogen (secondary N) is 2. The van der Waals surface area contributed by atoms with E-state index in [1.54, 1.807) is 11.8 Å². The lowest BCUT2D eigenvalue weighted by Crippen LogP contribution is -2.46. The van der Waals surface area contributed by atoms with Crippen LogP contribution in [0.2, 0.25) is 0 Å². The first-order valence-corrected chi connectivity index (χ1v) is 6.85. The number of carbonyl (C=O) groups is 3. The molecule has 20 heavy (non-hydrogen) atoms. The minimum Gasteiger partial charge on any atom is -0.481 e. The number of rotatable bonds is 5. The molecule has 0 aliphatic carbocycles. The van der Waals surface area contributed by atoms with Crippen molar-refractivity contribution in [3.8, 4) is 0 Å². The first-order valence-electron chi connectivity index (χ1n) is 6.85. The molecule has 114 valence electrons. The Morgan fingerprint density at radius 3 is 2.50 bits per heavy atom. The fourth-order valence-electron chi connectivity index (χ4n) is 2.25. The second-order valence-electron chi connectivity index (χ2n) is 5.60. The van der Waals surface area contributed by atoms with Gasteiger partial charge in [0, 0.05) is 12.6 Å². The van der Waals surface area contributed by atoms with Gasteiger partial charge in [0.1, 0.15) is 0 Å². The second-order valence-corrected chi connectivity index (χ2v) is 5.60. The van der Waals surface area contributed by atoms with Gasteiger partial charge >= 0.3 is 12.0 Å². The van der Waals surface area contributed by atoms with E-state index in [1.807, 2.05) is 13.8 Å². The van der Waals surface area contributed by atoms with Gasteiger partial charge in [-0.3, -0.25) is 19.8 Å². The lowest BCUT2D eigenvalue weighted by atomic mass is 10.0. The van der Waals surface area contributed by atoms with Crippen molar-refractivity contribution in [2.24, 2.45) is 11.8 Å². The monoisotopic (exact) mass is 285 g/mol. The molecule has 0 aromatic rings. The van der Waals surface area contributed by atoms with E-state index in [1.165, 1.54) is 0 Å². The van der Waals surface area contributed by atoms with Crippen LogP contribution < -0.4 is 10.6 Å². The highest BCUT2D eigenvalue weighted by Crippen LogP contribution is 2.23. The minimum absolute atomic E-state index is 0.0417. The van der Waals surface area contributed by atoms with Gasteiger partial charge in [-0.05, 0) is 25.8 Å². The summed E-state index contributed by atoms with van der Waals surface area (Å²) in [6, 6.07) is -0.706. The van der Waals surface area contributed by atoms with Gasteiger partial charge in [0.05, 0.1) is 12.5 Å². The Bertz CT molecular complexity index is 384. The van der Waals surface area contributed by atoms with Gasteiger partial charge in [-0.25, -0.2) is 4.79 Å². The number of carbonyl (C=O) groups excluding carboxylic acids is 2. The number of carboxylic acid groups (broad SMARTS) is 1. The third-order valence-electron chi connectivity index (χ3n) is 3.47. The van der Waals surface area contributed by atoms with Crippen molar-refractivity contribution < 1.29 is 19.5 Å². The highest BCUT2D eigenvalue weighted by molar-refractivity contribution is 5.95. The van der Waals surface area contributed by atoms with Crippen molar-refractivity contribution >= 4 is 17.9 Å². The number of imide groups is 1. The van der Waals surface area contributed by atoms with E-state index in [4.69, 9.17) is 5.11 Å². The molecule has 0 aromatic heterocycles. The topological polar surface area (TPSA) is 98.7 Å². The SMILES string of the molecule is CC(C)CNC(=O)NC(=O)CN1CCC(C(=O)O)C1C. The van der Waals surface area contributed by atoms with Gasteiger partial charge in [-0.2, -0.15) is 0 Å². The first-order chi connectivity index (χ1) is 9.31. The molecule has 0 spiro atoms. The van der Waals surface area contributed by atoms with Gasteiger partial charge in [-0.15, -0.1) is 0 Å². The number of carboxylic acids is 1. The average molecular weight is 285 g/mol. The van der Waals surface area contributed by atoms with Gasteiger partial charge in [0.15, 0.2) is 0 Å². The summed E-state index contributed by atoms with van der Waals surface area (Å²) in [6.07, 6.45) is 0.531. The number of urea groups is 1. The number of aliphatic carboxylic acids is 1. The summed E-state index contributed by atoms with van der Waals surface area (Å²) in [5, 5.41) is 13.9. The number of amides is 3. The third-order valence-corrected chi connectivity index (χ3v) is 3.47. The Balaban J connectivity index is 2.36. The van der Waals surface area contributed by atoms with Crippen LogP contribution >= 0.6 is 0 Å². The molecule has 7 heteroatoms. The number of hydrogen-bond acceptors (Lipinski definition) is 4. The largest absolute Gasteiger partial charge is 0.481 e. The molecular weight excluding hydrogens is 262 g/mol. The molecule has 2 unspecified atom stereocenters. The predicted molar refractivity (Wildman–Crippen MR) is 73.2 cm³/mol. The van der Waals surface area contributed by atoms with Crippen LogP contribution in [0.5, 0.6) is 0 Å². The molecule has 2 atom stereocenters. The van der Waals surface area contributed by atoms with Crippen LogP contribution in [-0.2, 0) is 9.59 Å². The van der Waals surface area contributed by atoms with E-state index in [0.717, 1.165) is 0 Å². The van der Waals surface area contributed by atoms with Gasteiger partial charge in [0.25, 0.3) is 0 Å². The molecule has 3 amide bonds. The zero-order valence-electron chi connectivity index (χ0n) is 12.2. The summed E-state index contributed by atoms with van der Waals surface area (Å²) in [5.74, 6) is -1.39. The van der Waals surface area contributed by atoms with E-state index in [-0.39, 0.29) is 12.6 Å². The van der Waals surface area contributed by atoms with E-state index in [0.29, 0.717) is 25.4 Å². The van der Waals surface area contributed by atoms with Gasteiger partial charge in [0.2, 0.25) is 5.91 Å². The van der Waals surface area contributed by atoms with Crippen LogP contribution in [0.25, 0.3) is 0 Å². The normalized spacial score (nSPS) is 22.8. The van der Waals surface area contributed by atoms with Crippen LogP contribution in [-0.4, -0.2) is 53.6 Å². The molecule has 7 nitrogen and oxygen atoms in total. The van der Waals surface area contributed by atoms with E-state index >= 15 is 0 Å². The predicted octanol–water partition coefficient (Wildman–Crippen LogP) is 0.263. The summed E-state index contributed by atoms with van der Waals surface area (Å²) in [4.78, 5) is 35.9. The maximum absolute atomic E-state index is 11.7. The summed E-state index contributed by atoms with van der Waals surface area (Å²) >= 11 is 0. The molecule has 0 saturated carbocycles. The molecule has 1 aliphatic heterocycles. The van der Waals surface area contributed by atoms with Crippen molar-refractivity contribution in [1.29, 1.82) is 0 Å². The summed E-state index contributed by atoms with van der Waals surface area (Å²) in [5.41, 5.74) is 0. The van der Waals surface area contributed by atoms with E-state index in [9.17, 15) is 14.4 Å². The molecule has 1 heterocycles. The summed E-state index contributed by atoms with van der Waals surface area (Å²) in [7, 11) is 0. The Morgan fingerprint density at radius 1 is 1.35 bits per heavy atom. The van der Waals surface area contributed by atoms with Crippen molar-refractivity contribution in [3.63, 3.8) is 0 Å². The van der Waals surface area contributed by atoms with E-state index < -0.39 is 23.8 Å². The maximum Gasteiger partial charge on any atom is 0.321 e. The molecule has 0 radical (unpaired) electrons. The lowest BCUT2D eigenvalue weighted by molar-refractivity contribution is -0.142. The second kappa shape index (κ2) is 7.23. The molecule has 3 N–H and O–H groups in total. The minimum atomic E-state index is -0.838. The van der Waals surface area contributed by atoms with Crippen molar-refractivity contribution in [1.82, 2.24) is 15.5 Å². The molecule has 1 saturated heterocycles. The van der Waals surface area contributed by atoms with Crippen LogP contribution in [0.3, 0.4) is 0 Å². The highest BCUT2D eigenvalue weighted by atomic mass is 16.4. The van der Waals surface area contributed by atoms with Crippen LogP contribution in [0.15, 0.2) is 0 Å². The standard InChI is InChI=1S/C13H23N3O4/c1-8(2)6-14-13(20)15-11(17)7-16-5-4-10(9(16)3)12(18)19/h8-10H,4-7H2,1-3H3,(H,18,19)(H2,14,15,17,20). The van der Waals surface area contributed by atoms with Crippen molar-refractivity contribution in [2.45, 2.75) is 33.2 Å². The van der Waals surface area contributed by atoms with E-state index in [2.05, 4.69) is 10.6 Å². The van der Waals surface area contributed by atoms with Crippen LogP contribution in [0.1, 0.15) is 27.2 Å². The summed E-state index contributed by atoms with van der Waals surface area (Å²) in [6.45, 7) is 6.80. The Morgan fingerprint density at radius 2 is 2.00 bits per heavy atom. The number of nitrogens with zero attached hydrogens (tertiary/aromatic N) is 1. The number of likely N-dealkylation sites (tertiary alicyclic amines) is 1. The fourth-order valence-corrected chi connectivity index (χ4v) is 2.25. The average Bonchev–Trinajstić information content (AvgIpc) is 2.68. The Kier molecular flexibility index (Phi) is 5.94. The molecule has 1 rings (SSSR count). The quantitative estimate of drug-likeness (QED) is 0.673. The van der Waals surface area contributed by atoms with Crippen molar-refractivity contribution in [2.75, 3.05) is 19.6 Å². The summed E-state index contributed by atoms with van der Waals surface area (Å²) < 4.78 is 0.